The van der Waals surface area contributed by atoms with Crippen LogP contribution in [0.2, 0.25) is 0 Å². The summed E-state index contributed by atoms with van der Waals surface area (Å²) in [5.41, 5.74) is 5.18. The molecule has 0 aliphatic rings. The van der Waals surface area contributed by atoms with Crippen LogP contribution in [0.5, 0.6) is 0 Å². The van der Waals surface area contributed by atoms with Gasteiger partial charge < -0.3 is 15.4 Å². The molecule has 1 amide bonds. The van der Waals surface area contributed by atoms with Crippen LogP contribution in [0.15, 0.2) is 0 Å². The Morgan fingerprint density at radius 3 is 2.31 bits per heavy atom. The summed E-state index contributed by atoms with van der Waals surface area (Å²) in [5.74, 6) is 0.0402. The quantitative estimate of drug-likeness (QED) is 0.750. The van der Waals surface area contributed by atoms with Gasteiger partial charge in [-0.3, -0.25) is 4.79 Å². The summed E-state index contributed by atoms with van der Waals surface area (Å²) in [4.78, 5) is 13.7. The molecule has 2 N–H and O–H groups in total. The minimum absolute atomic E-state index is 0.0402. The van der Waals surface area contributed by atoms with Crippen molar-refractivity contribution in [3.63, 3.8) is 0 Å². The van der Waals surface area contributed by atoms with Crippen molar-refractivity contribution >= 4 is 5.91 Å². The van der Waals surface area contributed by atoms with E-state index in [1.54, 1.807) is 0 Å². The second-order valence-corrected chi connectivity index (χ2v) is 5.22. The van der Waals surface area contributed by atoms with Crippen LogP contribution < -0.4 is 5.73 Å². The van der Waals surface area contributed by atoms with E-state index in [-0.39, 0.29) is 24.2 Å². The van der Waals surface area contributed by atoms with Crippen LogP contribution in [0.1, 0.15) is 41.0 Å². The molecule has 0 spiro atoms. The zero-order valence-corrected chi connectivity index (χ0v) is 11.2. The molecule has 0 bridgehead atoms. The molecular formula is C12H26N2O2. The number of nitrogens with zero attached hydrogens (tertiary/aromatic N) is 1. The topological polar surface area (TPSA) is 55.6 Å². The molecule has 16 heavy (non-hydrogen) atoms. The molecule has 0 aliphatic carbocycles. The minimum atomic E-state index is -0.272. The van der Waals surface area contributed by atoms with Gasteiger partial charge in [0.05, 0.1) is 5.60 Å². The van der Waals surface area contributed by atoms with Crippen LogP contribution in [-0.4, -0.2) is 42.1 Å². The fourth-order valence-corrected chi connectivity index (χ4v) is 1.29. The Balaban J connectivity index is 4.17. The Hall–Kier alpha value is -0.610. The number of rotatable bonds is 6. The molecule has 0 aromatic carbocycles. The molecule has 0 aromatic rings. The normalized spacial score (nSPS) is 11.9. The number of carbonyl (C=O) groups is 1. The highest BCUT2D eigenvalue weighted by Gasteiger charge is 2.19. The van der Waals surface area contributed by atoms with Crippen molar-refractivity contribution < 1.29 is 9.53 Å². The average molecular weight is 230 g/mol. The molecule has 0 aliphatic heterocycles. The molecule has 0 unspecified atom stereocenters. The van der Waals surface area contributed by atoms with E-state index < -0.39 is 0 Å². The number of nitrogens with two attached hydrogens (primary N) is 1. The molecule has 0 aromatic heterocycles. The predicted octanol–water partition coefficient (Wildman–Crippen LogP) is 1.39. The first-order chi connectivity index (χ1) is 7.28. The second-order valence-electron chi connectivity index (χ2n) is 5.22. The van der Waals surface area contributed by atoms with E-state index in [1.807, 2.05) is 39.5 Å². The van der Waals surface area contributed by atoms with Crippen molar-refractivity contribution in [3.05, 3.63) is 0 Å². The van der Waals surface area contributed by atoms with Crippen LogP contribution in [0.3, 0.4) is 0 Å². The Morgan fingerprint density at radius 1 is 1.38 bits per heavy atom. The van der Waals surface area contributed by atoms with Gasteiger partial charge >= 0.3 is 0 Å². The summed E-state index contributed by atoms with van der Waals surface area (Å²) in [6.45, 7) is 11.3. The number of hydrogen-bond donors (Lipinski definition) is 1. The van der Waals surface area contributed by atoms with Crippen molar-refractivity contribution in [2.24, 2.45) is 5.73 Å². The first-order valence-corrected chi connectivity index (χ1v) is 5.91. The van der Waals surface area contributed by atoms with Gasteiger partial charge in [0, 0.05) is 12.6 Å². The van der Waals surface area contributed by atoms with Gasteiger partial charge in [-0.2, -0.15) is 0 Å². The van der Waals surface area contributed by atoms with Gasteiger partial charge in [0.2, 0.25) is 5.91 Å². The number of amides is 1. The van der Waals surface area contributed by atoms with E-state index in [0.29, 0.717) is 13.1 Å². The summed E-state index contributed by atoms with van der Waals surface area (Å²) in [6, 6.07) is 0.197. The number of carbonyl (C=O) groups excluding carboxylic acids is 1. The highest BCUT2D eigenvalue weighted by Crippen LogP contribution is 2.08. The smallest absolute Gasteiger partial charge is 0.248 e. The van der Waals surface area contributed by atoms with Crippen molar-refractivity contribution in [2.45, 2.75) is 52.7 Å². The van der Waals surface area contributed by atoms with Crippen molar-refractivity contribution in [2.75, 3.05) is 19.7 Å². The molecule has 0 radical (unpaired) electrons. The van der Waals surface area contributed by atoms with E-state index in [4.69, 9.17) is 10.5 Å². The second kappa shape index (κ2) is 6.86. The molecule has 0 saturated heterocycles. The molecule has 4 heteroatoms. The van der Waals surface area contributed by atoms with Gasteiger partial charge in [0.25, 0.3) is 0 Å². The lowest BCUT2D eigenvalue weighted by Gasteiger charge is -2.28. The zero-order valence-electron chi connectivity index (χ0n) is 11.2. The first kappa shape index (κ1) is 15.4. The first-order valence-electron chi connectivity index (χ1n) is 5.91. The average Bonchev–Trinajstić information content (AvgIpc) is 2.13. The molecule has 4 nitrogen and oxygen atoms in total. The standard InChI is InChI=1S/C12H26N2O2/c1-10(2)14(8-6-7-13)11(15)9-16-12(3,4)5/h10H,6-9,13H2,1-5H3. The molecule has 0 atom stereocenters. The lowest BCUT2D eigenvalue weighted by atomic mass is 10.2. The highest BCUT2D eigenvalue weighted by molar-refractivity contribution is 5.77. The Morgan fingerprint density at radius 2 is 1.94 bits per heavy atom. The van der Waals surface area contributed by atoms with E-state index >= 15 is 0 Å². The Bertz CT molecular complexity index is 210. The summed E-state index contributed by atoms with van der Waals surface area (Å²) in [7, 11) is 0. The maximum atomic E-state index is 11.9. The van der Waals surface area contributed by atoms with Crippen LogP contribution in [-0.2, 0) is 9.53 Å². The van der Waals surface area contributed by atoms with Crippen molar-refractivity contribution in [1.82, 2.24) is 4.90 Å². The molecule has 0 heterocycles. The summed E-state index contributed by atoms with van der Waals surface area (Å²) in [6.07, 6.45) is 0.833. The Kier molecular flexibility index (Phi) is 6.60. The van der Waals surface area contributed by atoms with Gasteiger partial charge in [0.1, 0.15) is 6.61 Å². The highest BCUT2D eigenvalue weighted by atomic mass is 16.5. The van der Waals surface area contributed by atoms with E-state index in [0.717, 1.165) is 6.42 Å². The Labute approximate surface area is 99.1 Å². The molecule has 0 rings (SSSR count). The van der Waals surface area contributed by atoms with E-state index in [1.165, 1.54) is 0 Å². The summed E-state index contributed by atoms with van der Waals surface area (Å²) >= 11 is 0. The number of hydrogen-bond acceptors (Lipinski definition) is 3. The van der Waals surface area contributed by atoms with Crippen molar-refractivity contribution in [3.8, 4) is 0 Å². The molecular weight excluding hydrogens is 204 g/mol. The van der Waals surface area contributed by atoms with E-state index in [2.05, 4.69) is 0 Å². The lowest BCUT2D eigenvalue weighted by Crippen LogP contribution is -2.41. The fraction of sp³-hybridized carbons (Fsp3) is 0.917. The monoisotopic (exact) mass is 230 g/mol. The third-order valence-electron chi connectivity index (χ3n) is 2.18. The van der Waals surface area contributed by atoms with Gasteiger partial charge in [-0.05, 0) is 47.6 Å². The van der Waals surface area contributed by atoms with Crippen LogP contribution in [0.4, 0.5) is 0 Å². The van der Waals surface area contributed by atoms with Crippen LogP contribution in [0, 0.1) is 0 Å². The number of ether oxygens (including phenoxy) is 1. The predicted molar refractivity (Wildman–Crippen MR) is 66.2 cm³/mol. The van der Waals surface area contributed by atoms with Crippen LogP contribution in [0.25, 0.3) is 0 Å². The maximum absolute atomic E-state index is 11.9. The van der Waals surface area contributed by atoms with Gasteiger partial charge in [0.15, 0.2) is 0 Å². The molecule has 0 fully saturated rings. The van der Waals surface area contributed by atoms with E-state index in [9.17, 15) is 4.79 Å². The van der Waals surface area contributed by atoms with Gasteiger partial charge in [-0.15, -0.1) is 0 Å². The maximum Gasteiger partial charge on any atom is 0.248 e. The SMILES string of the molecule is CC(C)N(CCCN)C(=O)COC(C)(C)C. The van der Waals surface area contributed by atoms with Gasteiger partial charge in [-0.1, -0.05) is 0 Å². The summed E-state index contributed by atoms with van der Waals surface area (Å²) in [5, 5.41) is 0. The fourth-order valence-electron chi connectivity index (χ4n) is 1.29. The third kappa shape index (κ3) is 6.80. The molecule has 96 valence electrons. The van der Waals surface area contributed by atoms with Gasteiger partial charge in [-0.25, -0.2) is 0 Å². The molecule has 0 saturated carbocycles. The third-order valence-corrected chi connectivity index (χ3v) is 2.18. The largest absolute Gasteiger partial charge is 0.366 e. The summed E-state index contributed by atoms with van der Waals surface area (Å²) < 4.78 is 5.48. The van der Waals surface area contributed by atoms with Crippen molar-refractivity contribution in [1.29, 1.82) is 0 Å². The minimum Gasteiger partial charge on any atom is -0.366 e. The zero-order chi connectivity index (χ0) is 12.8. The lowest BCUT2D eigenvalue weighted by molar-refractivity contribution is -0.142. The van der Waals surface area contributed by atoms with Crippen LogP contribution >= 0.6 is 0 Å².